The molecular formula is C19H20N2O5S. The molecule has 27 heavy (non-hydrogen) atoms. The van der Waals surface area contributed by atoms with Gasteiger partial charge in [0.25, 0.3) is 15.9 Å². The molecule has 0 heterocycles. The third-order valence-electron chi connectivity index (χ3n) is 4.32. The molecule has 0 aliphatic heterocycles. The average molecular weight is 388 g/mol. The first kappa shape index (κ1) is 18.9. The van der Waals surface area contributed by atoms with E-state index in [1.54, 1.807) is 18.2 Å². The third-order valence-corrected chi connectivity index (χ3v) is 5.70. The van der Waals surface area contributed by atoms with Crippen LogP contribution in [-0.4, -0.2) is 31.4 Å². The first-order valence-electron chi connectivity index (χ1n) is 8.49. The highest BCUT2D eigenvalue weighted by atomic mass is 32.2. The van der Waals surface area contributed by atoms with Crippen molar-refractivity contribution < 1.29 is 23.1 Å². The summed E-state index contributed by atoms with van der Waals surface area (Å²) in [6.07, 6.45) is 1.51. The molecule has 1 fully saturated rings. The molecular weight excluding hydrogens is 368 g/mol. The van der Waals surface area contributed by atoms with Crippen LogP contribution in [0, 0.1) is 12.8 Å². The Hall–Kier alpha value is -2.87. The smallest absolute Gasteiger partial charge is 0.326 e. The number of carboxylic acid groups (broad SMARTS) is 1. The van der Waals surface area contributed by atoms with Crippen molar-refractivity contribution >= 4 is 27.6 Å². The van der Waals surface area contributed by atoms with Crippen LogP contribution in [0.2, 0.25) is 0 Å². The van der Waals surface area contributed by atoms with Crippen LogP contribution in [0.5, 0.6) is 0 Å². The van der Waals surface area contributed by atoms with Gasteiger partial charge in [-0.3, -0.25) is 9.52 Å². The van der Waals surface area contributed by atoms with Gasteiger partial charge in [-0.25, -0.2) is 13.2 Å². The molecule has 0 aromatic heterocycles. The summed E-state index contributed by atoms with van der Waals surface area (Å²) >= 11 is 0. The molecule has 3 N–H and O–H groups in total. The van der Waals surface area contributed by atoms with Gasteiger partial charge >= 0.3 is 5.97 Å². The number of nitrogens with one attached hydrogen (secondary N) is 2. The van der Waals surface area contributed by atoms with Crippen molar-refractivity contribution in [2.45, 2.75) is 30.7 Å². The number of aryl methyl sites for hydroxylation is 1. The van der Waals surface area contributed by atoms with E-state index in [9.17, 15) is 23.1 Å². The summed E-state index contributed by atoms with van der Waals surface area (Å²) in [5, 5.41) is 11.7. The third kappa shape index (κ3) is 4.65. The molecule has 1 aliphatic carbocycles. The molecule has 0 bridgehead atoms. The Balaban J connectivity index is 1.79. The van der Waals surface area contributed by atoms with Crippen molar-refractivity contribution in [1.29, 1.82) is 0 Å². The number of hydrogen-bond donors (Lipinski definition) is 3. The fourth-order valence-electron chi connectivity index (χ4n) is 2.76. The van der Waals surface area contributed by atoms with Gasteiger partial charge in [-0.1, -0.05) is 18.2 Å². The summed E-state index contributed by atoms with van der Waals surface area (Å²) in [5.41, 5.74) is 1.42. The van der Waals surface area contributed by atoms with E-state index in [1.165, 1.54) is 24.3 Å². The fraction of sp³-hybridized carbons (Fsp3) is 0.263. The lowest BCUT2D eigenvalue weighted by molar-refractivity contribution is -0.139. The van der Waals surface area contributed by atoms with E-state index in [0.29, 0.717) is 5.69 Å². The van der Waals surface area contributed by atoms with Crippen LogP contribution in [0.4, 0.5) is 5.69 Å². The van der Waals surface area contributed by atoms with Gasteiger partial charge in [0.05, 0.1) is 4.90 Å². The molecule has 2 aromatic rings. The molecule has 142 valence electrons. The lowest BCUT2D eigenvalue weighted by Crippen LogP contribution is -2.42. The Morgan fingerprint density at radius 2 is 1.81 bits per heavy atom. The Kier molecular flexibility index (Phi) is 5.18. The van der Waals surface area contributed by atoms with Crippen LogP contribution in [0.1, 0.15) is 28.8 Å². The normalized spacial score (nSPS) is 15.0. The molecule has 7 nitrogen and oxygen atoms in total. The van der Waals surface area contributed by atoms with Crippen molar-refractivity contribution in [1.82, 2.24) is 5.32 Å². The van der Waals surface area contributed by atoms with Crippen LogP contribution in [0.3, 0.4) is 0 Å². The van der Waals surface area contributed by atoms with Crippen molar-refractivity contribution in [3.05, 3.63) is 59.7 Å². The van der Waals surface area contributed by atoms with Gasteiger partial charge < -0.3 is 10.4 Å². The summed E-state index contributed by atoms with van der Waals surface area (Å²) < 4.78 is 27.7. The van der Waals surface area contributed by atoms with Gasteiger partial charge in [-0.2, -0.15) is 0 Å². The van der Waals surface area contributed by atoms with E-state index in [4.69, 9.17) is 0 Å². The minimum atomic E-state index is -3.88. The number of benzene rings is 2. The van der Waals surface area contributed by atoms with Gasteiger partial charge in [-0.15, -0.1) is 0 Å². The highest BCUT2D eigenvalue weighted by Crippen LogP contribution is 2.33. The second-order valence-corrected chi connectivity index (χ2v) is 8.31. The standard InChI is InChI=1S/C19H20N2O5S/c1-12-4-2-6-15(10-12)21-27(25,26)16-7-3-5-14(11-16)18(22)20-17(19(23)24)13-8-9-13/h2-7,10-11,13,17,21H,8-9H2,1H3,(H,20,22)(H,23,24). The minimum Gasteiger partial charge on any atom is -0.480 e. The predicted molar refractivity (Wildman–Crippen MR) is 100 cm³/mol. The monoisotopic (exact) mass is 388 g/mol. The fourth-order valence-corrected chi connectivity index (χ4v) is 3.86. The zero-order chi connectivity index (χ0) is 19.6. The number of carbonyl (C=O) groups is 2. The molecule has 1 atom stereocenters. The molecule has 1 amide bonds. The SMILES string of the molecule is Cc1cccc(NS(=O)(=O)c2cccc(C(=O)NC(C(=O)O)C3CC3)c2)c1. The zero-order valence-electron chi connectivity index (χ0n) is 14.7. The van der Waals surface area contributed by atoms with Gasteiger partial charge in [0, 0.05) is 11.3 Å². The van der Waals surface area contributed by atoms with Crippen LogP contribution >= 0.6 is 0 Å². The number of anilines is 1. The molecule has 1 unspecified atom stereocenters. The minimum absolute atomic E-state index is 0.0682. The number of aliphatic carboxylic acids is 1. The van der Waals surface area contributed by atoms with Crippen LogP contribution < -0.4 is 10.0 Å². The van der Waals surface area contributed by atoms with Crippen molar-refractivity contribution in [2.24, 2.45) is 5.92 Å². The molecule has 8 heteroatoms. The summed E-state index contributed by atoms with van der Waals surface area (Å²) in [6, 6.07) is 11.5. The number of sulfonamides is 1. The number of amides is 1. The maximum atomic E-state index is 12.6. The summed E-state index contributed by atoms with van der Waals surface area (Å²) in [7, 11) is -3.88. The van der Waals surface area contributed by atoms with E-state index in [0.717, 1.165) is 18.4 Å². The van der Waals surface area contributed by atoms with E-state index in [-0.39, 0.29) is 16.4 Å². The number of carboxylic acids is 1. The lowest BCUT2D eigenvalue weighted by atomic mass is 10.1. The summed E-state index contributed by atoms with van der Waals surface area (Å²) in [4.78, 5) is 23.6. The second kappa shape index (κ2) is 7.40. The van der Waals surface area contributed by atoms with Gasteiger partial charge in [0.1, 0.15) is 6.04 Å². The van der Waals surface area contributed by atoms with Crippen molar-refractivity contribution in [3.8, 4) is 0 Å². The Morgan fingerprint density at radius 3 is 2.44 bits per heavy atom. The van der Waals surface area contributed by atoms with Gasteiger partial charge in [-0.05, 0) is 61.6 Å². The van der Waals surface area contributed by atoms with Crippen LogP contribution in [0.25, 0.3) is 0 Å². The lowest BCUT2D eigenvalue weighted by Gasteiger charge is -2.14. The Labute approximate surface area is 157 Å². The maximum Gasteiger partial charge on any atom is 0.326 e. The Morgan fingerprint density at radius 1 is 1.11 bits per heavy atom. The average Bonchev–Trinajstić information content (AvgIpc) is 3.44. The second-order valence-electron chi connectivity index (χ2n) is 6.63. The topological polar surface area (TPSA) is 113 Å². The summed E-state index contributed by atoms with van der Waals surface area (Å²) in [6.45, 7) is 1.85. The molecule has 0 spiro atoms. The quantitative estimate of drug-likeness (QED) is 0.674. The summed E-state index contributed by atoms with van der Waals surface area (Å²) in [5.74, 6) is -1.76. The van der Waals surface area contributed by atoms with Crippen molar-refractivity contribution in [3.63, 3.8) is 0 Å². The van der Waals surface area contributed by atoms with E-state index < -0.39 is 27.9 Å². The predicted octanol–water partition coefficient (Wildman–Crippen LogP) is 2.39. The largest absolute Gasteiger partial charge is 0.480 e. The molecule has 0 saturated heterocycles. The van der Waals surface area contributed by atoms with Crippen LogP contribution in [0.15, 0.2) is 53.4 Å². The molecule has 0 radical (unpaired) electrons. The number of hydrogen-bond acceptors (Lipinski definition) is 4. The zero-order valence-corrected chi connectivity index (χ0v) is 15.5. The number of carbonyl (C=O) groups excluding carboxylic acids is 1. The van der Waals surface area contributed by atoms with E-state index in [2.05, 4.69) is 10.0 Å². The number of rotatable bonds is 7. The van der Waals surface area contributed by atoms with E-state index in [1.807, 2.05) is 13.0 Å². The molecule has 1 aliphatic rings. The van der Waals surface area contributed by atoms with Gasteiger partial charge in [0.15, 0.2) is 0 Å². The first-order valence-corrected chi connectivity index (χ1v) is 9.98. The molecule has 2 aromatic carbocycles. The van der Waals surface area contributed by atoms with Crippen molar-refractivity contribution in [2.75, 3.05) is 4.72 Å². The molecule has 1 saturated carbocycles. The Bertz CT molecular complexity index is 983. The highest BCUT2D eigenvalue weighted by Gasteiger charge is 2.37. The van der Waals surface area contributed by atoms with E-state index >= 15 is 0 Å². The molecule has 3 rings (SSSR count). The van der Waals surface area contributed by atoms with Crippen LogP contribution in [-0.2, 0) is 14.8 Å². The van der Waals surface area contributed by atoms with Gasteiger partial charge in [0.2, 0.25) is 0 Å². The highest BCUT2D eigenvalue weighted by molar-refractivity contribution is 7.92. The first-order chi connectivity index (χ1) is 12.8. The maximum absolute atomic E-state index is 12.6.